The number of amides is 1. The summed E-state index contributed by atoms with van der Waals surface area (Å²) in [5, 5.41) is 0. The Balaban J connectivity index is 0.00000147. The summed E-state index contributed by atoms with van der Waals surface area (Å²) < 4.78 is 0. The van der Waals surface area contributed by atoms with Crippen LogP contribution in [-0.4, -0.2) is 29.4 Å². The summed E-state index contributed by atoms with van der Waals surface area (Å²) in [5.41, 5.74) is 5.86. The first kappa shape index (κ1) is 16.1. The number of nitrogens with two attached hydrogens (primary N) is 1. The SMILES string of the molecule is CC1CC2CCCCC2N1C(=O)[C@@H]1CCC[C@@H]1CN.Cl. The molecule has 1 aliphatic heterocycles. The van der Waals surface area contributed by atoms with E-state index in [0.29, 0.717) is 30.5 Å². The molecular weight excluding hydrogens is 272 g/mol. The van der Waals surface area contributed by atoms with E-state index in [9.17, 15) is 4.79 Å². The van der Waals surface area contributed by atoms with Crippen LogP contribution in [0.15, 0.2) is 0 Å². The van der Waals surface area contributed by atoms with Crippen LogP contribution < -0.4 is 5.73 Å². The number of rotatable bonds is 2. The lowest BCUT2D eigenvalue weighted by molar-refractivity contribution is -0.140. The first-order chi connectivity index (χ1) is 9.22. The van der Waals surface area contributed by atoms with Crippen LogP contribution in [0.4, 0.5) is 0 Å². The number of nitrogens with zero attached hydrogens (tertiary/aromatic N) is 1. The van der Waals surface area contributed by atoms with Crippen LogP contribution in [0.25, 0.3) is 0 Å². The molecule has 0 bridgehead atoms. The van der Waals surface area contributed by atoms with Gasteiger partial charge in [0.15, 0.2) is 0 Å². The van der Waals surface area contributed by atoms with E-state index in [0.717, 1.165) is 18.8 Å². The zero-order valence-electron chi connectivity index (χ0n) is 12.6. The van der Waals surface area contributed by atoms with Crippen LogP contribution in [0.2, 0.25) is 0 Å². The van der Waals surface area contributed by atoms with Gasteiger partial charge in [-0.05, 0) is 57.4 Å². The molecule has 3 unspecified atom stereocenters. The number of hydrogen-bond donors (Lipinski definition) is 1. The lowest BCUT2D eigenvalue weighted by Gasteiger charge is -2.36. The van der Waals surface area contributed by atoms with E-state index >= 15 is 0 Å². The van der Waals surface area contributed by atoms with Crippen molar-refractivity contribution in [2.75, 3.05) is 6.54 Å². The third-order valence-corrected chi connectivity index (χ3v) is 5.88. The average Bonchev–Trinajstić information content (AvgIpc) is 3.00. The number of likely N-dealkylation sites (tertiary alicyclic amines) is 1. The second kappa shape index (κ2) is 6.65. The van der Waals surface area contributed by atoms with Crippen LogP contribution in [0.5, 0.6) is 0 Å². The van der Waals surface area contributed by atoms with Crippen LogP contribution in [0, 0.1) is 17.8 Å². The summed E-state index contributed by atoms with van der Waals surface area (Å²) in [6.07, 6.45) is 9.90. The average molecular weight is 301 g/mol. The molecule has 2 aliphatic carbocycles. The van der Waals surface area contributed by atoms with E-state index in [1.807, 2.05) is 0 Å². The molecule has 3 nitrogen and oxygen atoms in total. The molecule has 3 fully saturated rings. The second-order valence-electron chi connectivity index (χ2n) is 6.98. The van der Waals surface area contributed by atoms with E-state index in [-0.39, 0.29) is 18.3 Å². The lowest BCUT2D eigenvalue weighted by Crippen LogP contribution is -2.46. The minimum absolute atomic E-state index is 0. The maximum atomic E-state index is 13.0. The van der Waals surface area contributed by atoms with E-state index < -0.39 is 0 Å². The van der Waals surface area contributed by atoms with Gasteiger partial charge in [0.1, 0.15) is 0 Å². The van der Waals surface area contributed by atoms with Crippen molar-refractivity contribution in [2.45, 2.75) is 70.4 Å². The number of carbonyl (C=O) groups excluding carboxylic acids is 1. The molecule has 2 N–H and O–H groups in total. The molecule has 3 aliphatic rings. The van der Waals surface area contributed by atoms with Crippen LogP contribution in [-0.2, 0) is 4.79 Å². The summed E-state index contributed by atoms with van der Waals surface area (Å²) in [6.45, 7) is 2.94. The van der Waals surface area contributed by atoms with Gasteiger partial charge < -0.3 is 10.6 Å². The normalized spacial score (nSPS) is 40.3. The smallest absolute Gasteiger partial charge is 0.226 e. The molecule has 1 heterocycles. The predicted octanol–water partition coefficient (Wildman–Crippen LogP) is 2.96. The van der Waals surface area contributed by atoms with Gasteiger partial charge in [0.05, 0.1) is 0 Å². The fourth-order valence-corrected chi connectivity index (χ4v) is 4.92. The van der Waals surface area contributed by atoms with E-state index in [2.05, 4.69) is 11.8 Å². The topological polar surface area (TPSA) is 46.3 Å². The highest BCUT2D eigenvalue weighted by Crippen LogP contribution is 2.42. The summed E-state index contributed by atoms with van der Waals surface area (Å²) in [7, 11) is 0. The van der Waals surface area contributed by atoms with Gasteiger partial charge in [-0.2, -0.15) is 0 Å². The number of hydrogen-bond acceptors (Lipinski definition) is 2. The largest absolute Gasteiger partial charge is 0.336 e. The highest BCUT2D eigenvalue weighted by atomic mass is 35.5. The Bertz CT molecular complexity index is 349. The maximum Gasteiger partial charge on any atom is 0.226 e. The van der Waals surface area contributed by atoms with Crippen molar-refractivity contribution in [2.24, 2.45) is 23.5 Å². The maximum absolute atomic E-state index is 13.0. The van der Waals surface area contributed by atoms with Gasteiger partial charge in [0.25, 0.3) is 0 Å². The lowest BCUT2D eigenvalue weighted by atomic mass is 9.84. The van der Waals surface area contributed by atoms with Crippen LogP contribution >= 0.6 is 12.4 Å². The second-order valence-corrected chi connectivity index (χ2v) is 6.98. The number of fused-ring (bicyclic) bond motifs is 1. The van der Waals surface area contributed by atoms with E-state index in [1.54, 1.807) is 0 Å². The molecule has 0 aromatic heterocycles. The highest BCUT2D eigenvalue weighted by Gasteiger charge is 2.45. The first-order valence-electron chi connectivity index (χ1n) is 8.24. The Labute approximate surface area is 129 Å². The molecule has 20 heavy (non-hydrogen) atoms. The molecule has 4 heteroatoms. The summed E-state index contributed by atoms with van der Waals surface area (Å²) in [5.74, 6) is 1.90. The van der Waals surface area contributed by atoms with Gasteiger partial charge in [0, 0.05) is 18.0 Å². The fourth-order valence-electron chi connectivity index (χ4n) is 4.92. The summed E-state index contributed by atoms with van der Waals surface area (Å²) >= 11 is 0. The third-order valence-electron chi connectivity index (χ3n) is 5.88. The Morgan fingerprint density at radius 3 is 2.65 bits per heavy atom. The Kier molecular flexibility index (Phi) is 5.36. The Hall–Kier alpha value is -0.280. The molecule has 0 aromatic rings. The molecule has 116 valence electrons. The molecule has 1 saturated heterocycles. The molecule has 0 radical (unpaired) electrons. The summed E-state index contributed by atoms with van der Waals surface area (Å²) in [6, 6.07) is 1.01. The van der Waals surface area contributed by atoms with Crippen molar-refractivity contribution in [3.8, 4) is 0 Å². The van der Waals surface area contributed by atoms with Crippen molar-refractivity contribution in [1.82, 2.24) is 4.90 Å². The van der Waals surface area contributed by atoms with Gasteiger partial charge in [-0.1, -0.05) is 19.3 Å². The molecule has 0 aromatic carbocycles. The van der Waals surface area contributed by atoms with Crippen LogP contribution in [0.1, 0.15) is 58.3 Å². The van der Waals surface area contributed by atoms with Gasteiger partial charge >= 0.3 is 0 Å². The van der Waals surface area contributed by atoms with E-state index in [4.69, 9.17) is 5.73 Å². The molecule has 1 amide bonds. The highest BCUT2D eigenvalue weighted by molar-refractivity contribution is 5.85. The fraction of sp³-hybridized carbons (Fsp3) is 0.938. The quantitative estimate of drug-likeness (QED) is 0.852. The number of carbonyl (C=O) groups is 1. The molecule has 2 saturated carbocycles. The molecule has 5 atom stereocenters. The third kappa shape index (κ3) is 2.71. The van der Waals surface area contributed by atoms with Gasteiger partial charge in [-0.15, -0.1) is 12.4 Å². The predicted molar refractivity (Wildman–Crippen MR) is 83.8 cm³/mol. The first-order valence-corrected chi connectivity index (χ1v) is 8.24. The minimum atomic E-state index is 0. The van der Waals surface area contributed by atoms with Crippen LogP contribution in [0.3, 0.4) is 0 Å². The zero-order valence-corrected chi connectivity index (χ0v) is 13.4. The molecule has 0 spiro atoms. The zero-order chi connectivity index (χ0) is 13.4. The van der Waals surface area contributed by atoms with Crippen molar-refractivity contribution < 1.29 is 4.79 Å². The Morgan fingerprint density at radius 1 is 1.15 bits per heavy atom. The standard InChI is InChI=1S/C16H28N2O.ClH/c1-11-9-12-5-2-3-8-15(12)18(11)16(19)14-7-4-6-13(14)10-17;/h11-15H,2-10,17H2,1H3;1H/t11?,12?,13-,14-,15?;/m1./s1. The molecular formula is C16H29ClN2O. The molecule has 3 rings (SSSR count). The van der Waals surface area contributed by atoms with Crippen molar-refractivity contribution in [1.29, 1.82) is 0 Å². The number of halogens is 1. The van der Waals surface area contributed by atoms with Crippen molar-refractivity contribution in [3.05, 3.63) is 0 Å². The van der Waals surface area contributed by atoms with Crippen molar-refractivity contribution >= 4 is 18.3 Å². The minimum Gasteiger partial charge on any atom is -0.336 e. The van der Waals surface area contributed by atoms with E-state index in [1.165, 1.54) is 38.5 Å². The monoisotopic (exact) mass is 300 g/mol. The van der Waals surface area contributed by atoms with Gasteiger partial charge in [-0.3, -0.25) is 4.79 Å². The Morgan fingerprint density at radius 2 is 1.90 bits per heavy atom. The van der Waals surface area contributed by atoms with Crippen molar-refractivity contribution in [3.63, 3.8) is 0 Å². The van der Waals surface area contributed by atoms with Gasteiger partial charge in [-0.25, -0.2) is 0 Å². The van der Waals surface area contributed by atoms with Gasteiger partial charge in [0.2, 0.25) is 5.91 Å². The summed E-state index contributed by atoms with van der Waals surface area (Å²) in [4.78, 5) is 15.2.